The van der Waals surface area contributed by atoms with E-state index in [2.05, 4.69) is 10.1 Å². The third-order valence-corrected chi connectivity index (χ3v) is 4.75. The SMILES string of the molecule is O=C(c1ccccc1OC(F)F)N(CC1CCC1)[C@H]1CCNC1. The van der Waals surface area contributed by atoms with Crippen molar-refractivity contribution in [2.45, 2.75) is 38.3 Å². The number of alkyl halides is 2. The number of benzene rings is 1. The molecule has 0 spiro atoms. The highest BCUT2D eigenvalue weighted by Gasteiger charge is 2.32. The highest BCUT2D eigenvalue weighted by atomic mass is 19.3. The fourth-order valence-electron chi connectivity index (χ4n) is 3.25. The van der Waals surface area contributed by atoms with Crippen LogP contribution >= 0.6 is 0 Å². The molecule has 1 aromatic rings. The van der Waals surface area contributed by atoms with E-state index >= 15 is 0 Å². The minimum Gasteiger partial charge on any atom is -0.434 e. The first-order chi connectivity index (χ1) is 11.1. The first kappa shape index (κ1) is 16.2. The van der Waals surface area contributed by atoms with Gasteiger partial charge in [0.15, 0.2) is 0 Å². The molecule has 0 bridgehead atoms. The highest BCUT2D eigenvalue weighted by molar-refractivity contribution is 5.97. The minimum absolute atomic E-state index is 0.0444. The van der Waals surface area contributed by atoms with Gasteiger partial charge >= 0.3 is 6.61 Å². The van der Waals surface area contributed by atoms with Crippen molar-refractivity contribution in [3.05, 3.63) is 29.8 Å². The van der Waals surface area contributed by atoms with Crippen molar-refractivity contribution in [1.29, 1.82) is 0 Å². The number of halogens is 2. The molecule has 1 amide bonds. The van der Waals surface area contributed by atoms with Crippen LogP contribution in [0.3, 0.4) is 0 Å². The number of hydrogen-bond donors (Lipinski definition) is 1. The largest absolute Gasteiger partial charge is 0.434 e. The van der Waals surface area contributed by atoms with E-state index in [1.165, 1.54) is 12.5 Å². The molecule has 4 nitrogen and oxygen atoms in total. The molecular weight excluding hydrogens is 302 g/mol. The Labute approximate surface area is 134 Å². The standard InChI is InChI=1S/C17H22F2N2O2/c18-17(19)23-15-7-2-1-6-14(15)16(22)21(11-12-4-3-5-12)13-8-9-20-10-13/h1-2,6-7,12-13,17,20H,3-5,8-11H2/t13-/m0/s1. The smallest absolute Gasteiger partial charge is 0.387 e. The number of ether oxygens (including phenoxy) is 1. The molecule has 1 saturated carbocycles. The van der Waals surface area contributed by atoms with E-state index in [1.807, 2.05) is 4.90 Å². The van der Waals surface area contributed by atoms with Gasteiger partial charge < -0.3 is 15.0 Å². The van der Waals surface area contributed by atoms with Crippen LogP contribution in [0, 0.1) is 5.92 Å². The molecule has 23 heavy (non-hydrogen) atoms. The number of amides is 1. The molecule has 1 aliphatic heterocycles. The topological polar surface area (TPSA) is 41.6 Å². The summed E-state index contributed by atoms with van der Waals surface area (Å²) in [6.07, 6.45) is 4.38. The Balaban J connectivity index is 1.81. The summed E-state index contributed by atoms with van der Waals surface area (Å²) in [6, 6.07) is 6.40. The maximum Gasteiger partial charge on any atom is 0.387 e. The quantitative estimate of drug-likeness (QED) is 0.875. The van der Waals surface area contributed by atoms with Gasteiger partial charge in [0.2, 0.25) is 0 Å². The Kier molecular flexibility index (Phi) is 5.10. The molecule has 1 N–H and O–H groups in total. The predicted molar refractivity (Wildman–Crippen MR) is 82.7 cm³/mol. The number of hydrogen-bond acceptors (Lipinski definition) is 3. The van der Waals surface area contributed by atoms with E-state index in [1.54, 1.807) is 18.2 Å². The maximum atomic E-state index is 13.0. The Bertz CT molecular complexity index is 543. The summed E-state index contributed by atoms with van der Waals surface area (Å²) in [5, 5.41) is 3.27. The third-order valence-electron chi connectivity index (χ3n) is 4.75. The zero-order valence-corrected chi connectivity index (χ0v) is 13.0. The molecule has 0 aromatic heterocycles. The van der Waals surface area contributed by atoms with Crippen LogP contribution in [0.5, 0.6) is 5.75 Å². The predicted octanol–water partition coefficient (Wildman–Crippen LogP) is 2.89. The average molecular weight is 324 g/mol. The number of rotatable bonds is 6. The van der Waals surface area contributed by atoms with E-state index < -0.39 is 6.61 Å². The van der Waals surface area contributed by atoms with E-state index in [4.69, 9.17) is 0 Å². The zero-order valence-electron chi connectivity index (χ0n) is 13.0. The molecule has 1 saturated heterocycles. The molecule has 2 fully saturated rings. The summed E-state index contributed by atoms with van der Waals surface area (Å²) >= 11 is 0. The van der Waals surface area contributed by atoms with Crippen molar-refractivity contribution in [3.8, 4) is 5.75 Å². The zero-order chi connectivity index (χ0) is 16.2. The second kappa shape index (κ2) is 7.25. The van der Waals surface area contributed by atoms with Crippen molar-refractivity contribution < 1.29 is 18.3 Å². The normalized spacial score (nSPS) is 21.3. The second-order valence-electron chi connectivity index (χ2n) is 6.28. The maximum absolute atomic E-state index is 13.0. The van der Waals surface area contributed by atoms with E-state index in [-0.39, 0.29) is 23.3 Å². The lowest BCUT2D eigenvalue weighted by atomic mass is 9.84. The van der Waals surface area contributed by atoms with Crippen LogP contribution in [-0.4, -0.2) is 43.1 Å². The van der Waals surface area contributed by atoms with Crippen LogP contribution < -0.4 is 10.1 Å². The van der Waals surface area contributed by atoms with Crippen LogP contribution in [0.15, 0.2) is 24.3 Å². The first-order valence-electron chi connectivity index (χ1n) is 8.20. The molecular formula is C17H22F2N2O2. The molecule has 0 unspecified atom stereocenters. The Hall–Kier alpha value is -1.69. The number of carbonyl (C=O) groups excluding carboxylic acids is 1. The van der Waals surface area contributed by atoms with Gasteiger partial charge in [0.1, 0.15) is 5.75 Å². The van der Waals surface area contributed by atoms with Crippen LogP contribution in [0.4, 0.5) is 8.78 Å². The number of nitrogens with zero attached hydrogens (tertiary/aromatic N) is 1. The Morgan fingerprint density at radius 2 is 2.09 bits per heavy atom. The second-order valence-corrected chi connectivity index (χ2v) is 6.28. The average Bonchev–Trinajstić information content (AvgIpc) is 2.99. The van der Waals surface area contributed by atoms with Crippen molar-refractivity contribution in [3.63, 3.8) is 0 Å². The monoisotopic (exact) mass is 324 g/mol. The van der Waals surface area contributed by atoms with Crippen molar-refractivity contribution in [1.82, 2.24) is 10.2 Å². The van der Waals surface area contributed by atoms with E-state index in [0.29, 0.717) is 12.5 Å². The number of nitrogens with one attached hydrogen (secondary N) is 1. The molecule has 6 heteroatoms. The van der Waals surface area contributed by atoms with Gasteiger partial charge in [-0.3, -0.25) is 4.79 Å². The minimum atomic E-state index is -2.93. The number of para-hydroxylation sites is 1. The highest BCUT2D eigenvalue weighted by Crippen LogP contribution is 2.30. The van der Waals surface area contributed by atoms with E-state index in [0.717, 1.165) is 32.4 Å². The molecule has 1 heterocycles. The Morgan fingerprint density at radius 3 is 2.70 bits per heavy atom. The van der Waals surface area contributed by atoms with E-state index in [9.17, 15) is 13.6 Å². The lowest BCUT2D eigenvalue weighted by Gasteiger charge is -2.36. The molecule has 126 valence electrons. The third kappa shape index (κ3) is 3.80. The van der Waals surface area contributed by atoms with Crippen LogP contribution in [0.1, 0.15) is 36.0 Å². The van der Waals surface area contributed by atoms with Crippen molar-refractivity contribution in [2.75, 3.05) is 19.6 Å². The Morgan fingerprint density at radius 1 is 1.30 bits per heavy atom. The van der Waals surface area contributed by atoms with Crippen LogP contribution in [-0.2, 0) is 0 Å². The summed E-state index contributed by atoms with van der Waals surface area (Å²) in [7, 11) is 0. The number of carbonyl (C=O) groups is 1. The fourth-order valence-corrected chi connectivity index (χ4v) is 3.25. The van der Waals surface area contributed by atoms with Crippen LogP contribution in [0.25, 0.3) is 0 Å². The van der Waals surface area contributed by atoms with Gasteiger partial charge in [-0.05, 0) is 43.9 Å². The lowest BCUT2D eigenvalue weighted by Crippen LogP contribution is -2.45. The van der Waals surface area contributed by atoms with Gasteiger partial charge in [0.25, 0.3) is 5.91 Å². The molecule has 1 aromatic carbocycles. The fraction of sp³-hybridized carbons (Fsp3) is 0.588. The summed E-state index contributed by atoms with van der Waals surface area (Å²) in [5.74, 6) is 0.279. The molecule has 1 aliphatic carbocycles. The lowest BCUT2D eigenvalue weighted by molar-refractivity contribution is -0.0503. The van der Waals surface area contributed by atoms with Gasteiger partial charge in [-0.1, -0.05) is 18.6 Å². The summed E-state index contributed by atoms with van der Waals surface area (Å²) < 4.78 is 29.7. The van der Waals surface area contributed by atoms with Gasteiger partial charge in [0.05, 0.1) is 5.56 Å². The first-order valence-corrected chi connectivity index (χ1v) is 8.20. The van der Waals surface area contributed by atoms with Gasteiger partial charge in [-0.15, -0.1) is 0 Å². The van der Waals surface area contributed by atoms with Crippen molar-refractivity contribution in [2.24, 2.45) is 5.92 Å². The summed E-state index contributed by atoms with van der Waals surface area (Å²) in [5.41, 5.74) is 0.221. The molecule has 2 aliphatic rings. The molecule has 0 radical (unpaired) electrons. The van der Waals surface area contributed by atoms with Crippen molar-refractivity contribution >= 4 is 5.91 Å². The molecule has 1 atom stereocenters. The van der Waals surface area contributed by atoms with Crippen LogP contribution in [0.2, 0.25) is 0 Å². The summed E-state index contributed by atoms with van der Waals surface area (Å²) in [4.78, 5) is 14.8. The molecule has 3 rings (SSSR count). The van der Waals surface area contributed by atoms with Gasteiger partial charge in [0, 0.05) is 19.1 Å². The van der Waals surface area contributed by atoms with Gasteiger partial charge in [-0.25, -0.2) is 0 Å². The summed E-state index contributed by atoms with van der Waals surface area (Å²) in [6.45, 7) is -0.587. The van der Waals surface area contributed by atoms with Gasteiger partial charge in [-0.2, -0.15) is 8.78 Å².